The normalized spacial score (nSPS) is 12.6. The Kier molecular flexibility index (Phi) is 6.79. The second kappa shape index (κ2) is 10.2. The van der Waals surface area contributed by atoms with E-state index in [1.54, 1.807) is 24.3 Å². The highest BCUT2D eigenvalue weighted by Gasteiger charge is 2.27. The fourth-order valence-corrected chi connectivity index (χ4v) is 4.76. The number of hydrogen-bond donors (Lipinski definition) is 4. The Morgan fingerprint density at radius 3 is 2.74 bits per heavy atom. The zero-order valence-electron chi connectivity index (χ0n) is 22.1. The molecule has 0 aliphatic carbocycles. The number of nitrogens with one attached hydrogen (secondary N) is 3. The summed E-state index contributed by atoms with van der Waals surface area (Å²) in [5, 5.41) is 6.30. The minimum atomic E-state index is -0.902. The molecule has 0 atom stereocenters. The maximum absolute atomic E-state index is 14.4. The number of aryl methyl sites for hydroxylation is 1. The van der Waals surface area contributed by atoms with Gasteiger partial charge >= 0.3 is 0 Å². The number of benzene rings is 2. The number of carbonyl (C=O) groups is 2. The molecule has 3 heterocycles. The zero-order valence-corrected chi connectivity index (χ0v) is 22.1. The summed E-state index contributed by atoms with van der Waals surface area (Å²) in [7, 11) is 5.28. The van der Waals surface area contributed by atoms with Crippen LogP contribution in [0.4, 0.5) is 33.2 Å². The number of likely N-dealkylation sites (N-methyl/N-ethyl adjacent to an activating group) is 1. The molecule has 3 aliphatic rings. The number of amides is 2. The van der Waals surface area contributed by atoms with Crippen LogP contribution in [-0.2, 0) is 11.2 Å². The Hall–Kier alpha value is -4.71. The molecule has 2 aromatic rings. The predicted octanol–water partition coefficient (Wildman–Crippen LogP) is 3.40. The highest BCUT2D eigenvalue weighted by Crippen LogP contribution is 2.40. The van der Waals surface area contributed by atoms with Crippen molar-refractivity contribution in [2.75, 3.05) is 49.8 Å². The molecule has 0 aromatic heterocycles. The Labute approximate surface area is 224 Å². The van der Waals surface area contributed by atoms with Crippen LogP contribution in [0.2, 0.25) is 0 Å². The third kappa shape index (κ3) is 4.93. The smallest absolute Gasteiger partial charge is 0.253 e. The minimum absolute atomic E-state index is 0.00395. The van der Waals surface area contributed by atoms with Crippen molar-refractivity contribution in [3.8, 4) is 17.1 Å². The van der Waals surface area contributed by atoms with Crippen LogP contribution in [0.3, 0.4) is 0 Å². The Balaban J connectivity index is 1.54. The molecule has 0 spiro atoms. The molecule has 0 unspecified atom stereocenters. The molecule has 0 bridgehead atoms. The molecular weight excluding hydrogens is 503 g/mol. The van der Waals surface area contributed by atoms with Crippen molar-refractivity contribution in [1.29, 1.82) is 0 Å². The van der Waals surface area contributed by atoms with Crippen LogP contribution in [0, 0.1) is 12.7 Å². The van der Waals surface area contributed by atoms with E-state index in [1.807, 2.05) is 38.1 Å². The van der Waals surface area contributed by atoms with E-state index in [2.05, 4.69) is 25.6 Å². The molecule has 0 radical (unpaired) electrons. The molecule has 0 saturated heterocycles. The number of halogens is 1. The van der Waals surface area contributed by atoms with E-state index in [0.717, 1.165) is 23.2 Å². The molecule has 5 N–H and O–H groups in total. The summed E-state index contributed by atoms with van der Waals surface area (Å²) in [5.41, 5.74) is 9.25. The van der Waals surface area contributed by atoms with E-state index in [9.17, 15) is 14.0 Å². The van der Waals surface area contributed by atoms with Gasteiger partial charge in [-0.25, -0.2) is 9.37 Å². The number of aromatic nitrogens is 3. The first-order valence-electron chi connectivity index (χ1n) is 12.3. The van der Waals surface area contributed by atoms with E-state index in [0.29, 0.717) is 47.7 Å². The van der Waals surface area contributed by atoms with Gasteiger partial charge in [0.25, 0.3) is 5.91 Å². The largest absolute Gasteiger partial charge is 0.495 e. The molecule has 2 amide bonds. The second-order valence-electron chi connectivity index (χ2n) is 9.59. The van der Waals surface area contributed by atoms with Crippen LogP contribution in [0.15, 0.2) is 36.5 Å². The van der Waals surface area contributed by atoms with Crippen LogP contribution >= 0.6 is 0 Å². The number of anilines is 5. The average molecular weight is 533 g/mol. The summed E-state index contributed by atoms with van der Waals surface area (Å²) in [6.07, 6.45) is 2.41. The Morgan fingerprint density at radius 2 is 2.03 bits per heavy atom. The summed E-state index contributed by atoms with van der Waals surface area (Å²) in [4.78, 5) is 40.7. The van der Waals surface area contributed by atoms with Gasteiger partial charge < -0.3 is 35.9 Å². The quantitative estimate of drug-likeness (QED) is 0.271. The predicted molar refractivity (Wildman–Crippen MR) is 147 cm³/mol. The molecule has 0 fully saturated rings. The number of H-pyrrole nitrogens is 1. The standard InChI is InChI=1S/C27H29FN8O3/c1-14-12-30-25-22(14)26(31-17-7-5-6-16(28)23(17)24(29)38)34-27(33-25)32-18-11-19-15(10-20(18)39-4)8-9-36(19)21(37)13-35(2)3/h5-7,10-12H,8-9,13H2,1-4H3,(H2,29,38)(H3,30,31,32,33,34). The van der Waals surface area contributed by atoms with Gasteiger partial charge in [-0.1, -0.05) is 6.07 Å². The lowest BCUT2D eigenvalue weighted by atomic mass is 10.1. The second-order valence-corrected chi connectivity index (χ2v) is 9.59. The molecule has 5 rings (SSSR count). The molecular formula is C27H29FN8O3. The number of nitrogens with two attached hydrogens (primary N) is 1. The number of primary amides is 1. The summed E-state index contributed by atoms with van der Waals surface area (Å²) < 4.78 is 20.1. The van der Waals surface area contributed by atoms with Crippen LogP contribution < -0.4 is 26.0 Å². The molecule has 202 valence electrons. The van der Waals surface area contributed by atoms with Crippen LogP contribution in [0.5, 0.6) is 5.75 Å². The Bertz CT molecular complexity index is 1550. The van der Waals surface area contributed by atoms with E-state index < -0.39 is 11.7 Å². The number of carbonyl (C=O) groups excluding carboxylic acids is 2. The molecule has 0 saturated carbocycles. The molecule has 39 heavy (non-hydrogen) atoms. The van der Waals surface area contributed by atoms with Crippen molar-refractivity contribution in [1.82, 2.24) is 19.9 Å². The monoisotopic (exact) mass is 532 g/mol. The van der Waals surface area contributed by atoms with Crippen LogP contribution in [-0.4, -0.2) is 66.0 Å². The lowest BCUT2D eigenvalue weighted by molar-refractivity contribution is -0.119. The fraction of sp³-hybridized carbons (Fsp3) is 0.259. The Morgan fingerprint density at radius 1 is 1.23 bits per heavy atom. The van der Waals surface area contributed by atoms with Crippen molar-refractivity contribution < 1.29 is 18.7 Å². The molecule has 11 nitrogen and oxygen atoms in total. The van der Waals surface area contributed by atoms with Crippen molar-refractivity contribution in [3.05, 3.63) is 59.0 Å². The summed E-state index contributed by atoms with van der Waals surface area (Å²) in [6, 6.07) is 7.97. The van der Waals surface area contributed by atoms with Gasteiger partial charge in [-0.2, -0.15) is 4.98 Å². The summed E-state index contributed by atoms with van der Waals surface area (Å²) in [5.74, 6) is 0.115. The van der Waals surface area contributed by atoms with Gasteiger partial charge in [-0.15, -0.1) is 0 Å². The van der Waals surface area contributed by atoms with Crippen LogP contribution in [0.1, 0.15) is 21.5 Å². The van der Waals surface area contributed by atoms with Gasteiger partial charge in [0.1, 0.15) is 23.2 Å². The van der Waals surface area contributed by atoms with Gasteiger partial charge in [-0.3, -0.25) is 9.59 Å². The maximum atomic E-state index is 14.4. The lowest BCUT2D eigenvalue weighted by Crippen LogP contribution is -2.36. The number of fused-ring (bicyclic) bond motifs is 2. The van der Waals surface area contributed by atoms with Gasteiger partial charge in [0.05, 0.1) is 36.2 Å². The van der Waals surface area contributed by atoms with Crippen molar-refractivity contribution in [2.45, 2.75) is 13.3 Å². The topological polar surface area (TPSA) is 142 Å². The van der Waals surface area contributed by atoms with Crippen molar-refractivity contribution in [2.24, 2.45) is 5.73 Å². The lowest BCUT2D eigenvalue weighted by Gasteiger charge is -2.21. The highest BCUT2D eigenvalue weighted by molar-refractivity contribution is 6.00. The first kappa shape index (κ1) is 25.9. The van der Waals surface area contributed by atoms with Gasteiger partial charge in [0.2, 0.25) is 11.9 Å². The van der Waals surface area contributed by atoms with E-state index in [1.165, 1.54) is 12.1 Å². The van der Waals surface area contributed by atoms with E-state index in [4.69, 9.17) is 10.5 Å². The van der Waals surface area contributed by atoms with Gasteiger partial charge in [0, 0.05) is 18.4 Å². The van der Waals surface area contributed by atoms with E-state index >= 15 is 0 Å². The minimum Gasteiger partial charge on any atom is -0.495 e. The van der Waals surface area contributed by atoms with Crippen molar-refractivity contribution in [3.63, 3.8) is 0 Å². The first-order valence-corrected chi connectivity index (χ1v) is 12.3. The maximum Gasteiger partial charge on any atom is 0.253 e. The van der Waals surface area contributed by atoms with Gasteiger partial charge in [0.15, 0.2) is 0 Å². The van der Waals surface area contributed by atoms with Crippen LogP contribution in [0.25, 0.3) is 11.4 Å². The van der Waals surface area contributed by atoms with Gasteiger partial charge in [-0.05, 0) is 62.8 Å². The molecule has 3 aliphatic heterocycles. The summed E-state index contributed by atoms with van der Waals surface area (Å²) >= 11 is 0. The number of rotatable bonds is 8. The third-order valence-corrected chi connectivity index (χ3v) is 6.53. The SMILES string of the molecule is COc1cc2c(cc1Nc1nc(Nc3cccc(F)c3C(N)=O)c3c(C)cnc-3[nH]1)N(C(=O)CN(C)C)CC2. The number of ether oxygens (including phenoxy) is 1. The van der Waals surface area contributed by atoms with Crippen molar-refractivity contribution >= 4 is 40.6 Å². The first-order chi connectivity index (χ1) is 18.7. The number of nitrogens with zero attached hydrogens (tertiary/aromatic N) is 4. The zero-order chi connectivity index (χ0) is 27.8. The molecule has 2 aromatic carbocycles. The van der Waals surface area contributed by atoms with E-state index in [-0.39, 0.29) is 17.2 Å². The number of hydrogen-bond acceptors (Lipinski definition) is 8. The fourth-order valence-electron chi connectivity index (χ4n) is 4.76. The number of methoxy groups -OCH3 is 1. The third-order valence-electron chi connectivity index (χ3n) is 6.53. The number of aromatic amines is 1. The average Bonchev–Trinajstić information content (AvgIpc) is 3.46. The summed E-state index contributed by atoms with van der Waals surface area (Å²) in [6.45, 7) is 2.75. The molecule has 12 heteroatoms. The highest BCUT2D eigenvalue weighted by atomic mass is 19.1.